The Bertz CT molecular complexity index is 1370. The van der Waals surface area contributed by atoms with Crippen LogP contribution in [0.25, 0.3) is 11.1 Å². The fourth-order valence-electron chi connectivity index (χ4n) is 4.77. The molecule has 2 aromatic heterocycles. The van der Waals surface area contributed by atoms with E-state index in [0.717, 1.165) is 10.9 Å². The van der Waals surface area contributed by atoms with Crippen LogP contribution in [0.5, 0.6) is 5.75 Å². The summed E-state index contributed by atoms with van der Waals surface area (Å²) in [6, 6.07) is 19.0. The largest absolute Gasteiger partial charge is 0.497 e. The monoisotopic (exact) mass is 471 g/mol. The Hall–Kier alpha value is -4.00. The van der Waals surface area contributed by atoms with Crippen LogP contribution in [-0.4, -0.2) is 59.0 Å². The van der Waals surface area contributed by atoms with Crippen molar-refractivity contribution in [1.82, 2.24) is 14.4 Å². The fraction of sp³-hybridized carbons (Fsp3) is 0.286. The predicted molar refractivity (Wildman–Crippen MR) is 134 cm³/mol. The van der Waals surface area contributed by atoms with E-state index in [-0.39, 0.29) is 17.9 Å². The van der Waals surface area contributed by atoms with E-state index in [9.17, 15) is 9.59 Å². The van der Waals surface area contributed by atoms with Gasteiger partial charge in [-0.2, -0.15) is 0 Å². The lowest BCUT2D eigenvalue weighted by Crippen LogP contribution is -2.55. The van der Waals surface area contributed by atoms with Gasteiger partial charge in [-0.1, -0.05) is 24.3 Å². The van der Waals surface area contributed by atoms with E-state index in [4.69, 9.17) is 9.15 Å². The molecule has 1 saturated heterocycles. The molecule has 7 nitrogen and oxygen atoms in total. The lowest BCUT2D eigenvalue weighted by Gasteiger charge is -2.40. The van der Waals surface area contributed by atoms with Crippen molar-refractivity contribution in [3.8, 4) is 5.75 Å². The number of methoxy groups -OCH3 is 1. The van der Waals surface area contributed by atoms with Gasteiger partial charge in [-0.25, -0.2) is 0 Å². The van der Waals surface area contributed by atoms with E-state index in [1.165, 1.54) is 5.56 Å². The summed E-state index contributed by atoms with van der Waals surface area (Å²) in [5.74, 6) is 0.630. The minimum absolute atomic E-state index is 0.0345. The van der Waals surface area contributed by atoms with Gasteiger partial charge in [0.05, 0.1) is 19.9 Å². The molecule has 0 radical (unpaired) electrons. The number of rotatable bonds is 5. The molecule has 0 saturated carbocycles. The van der Waals surface area contributed by atoms with Crippen molar-refractivity contribution in [3.63, 3.8) is 0 Å². The van der Waals surface area contributed by atoms with Crippen molar-refractivity contribution >= 4 is 22.9 Å². The van der Waals surface area contributed by atoms with Gasteiger partial charge < -0.3 is 23.5 Å². The van der Waals surface area contributed by atoms with E-state index >= 15 is 0 Å². The van der Waals surface area contributed by atoms with Gasteiger partial charge in [0.25, 0.3) is 11.8 Å². The van der Waals surface area contributed by atoms with E-state index in [1.54, 1.807) is 37.6 Å². The molecule has 4 aromatic rings. The van der Waals surface area contributed by atoms with Crippen molar-refractivity contribution in [2.75, 3.05) is 26.7 Å². The lowest BCUT2D eigenvalue weighted by atomic mass is 10.1. The van der Waals surface area contributed by atoms with Crippen LogP contribution in [0.3, 0.4) is 0 Å². The third-order valence-electron chi connectivity index (χ3n) is 6.82. The molecule has 5 rings (SSSR count). The first-order valence-electron chi connectivity index (χ1n) is 11.8. The molecule has 1 atom stereocenters. The molecule has 2 amide bonds. The zero-order valence-corrected chi connectivity index (χ0v) is 20.2. The summed E-state index contributed by atoms with van der Waals surface area (Å²) in [4.78, 5) is 30.4. The number of nitrogens with zero attached hydrogens (tertiary/aromatic N) is 3. The highest BCUT2D eigenvalue weighted by atomic mass is 16.5. The summed E-state index contributed by atoms with van der Waals surface area (Å²) in [5.41, 5.74) is 4.21. The Kier molecular flexibility index (Phi) is 6.07. The summed E-state index contributed by atoms with van der Waals surface area (Å²) >= 11 is 0. The van der Waals surface area contributed by atoms with Crippen LogP contribution >= 0.6 is 0 Å². The number of fused-ring (bicyclic) bond motifs is 1. The smallest absolute Gasteiger partial charge is 0.270 e. The molecule has 1 unspecified atom stereocenters. The molecular weight excluding hydrogens is 442 g/mol. The first-order valence-corrected chi connectivity index (χ1v) is 11.8. The minimum Gasteiger partial charge on any atom is -0.497 e. The third-order valence-corrected chi connectivity index (χ3v) is 6.82. The molecule has 3 heterocycles. The lowest BCUT2D eigenvalue weighted by molar-refractivity contribution is 0.0409. The molecule has 35 heavy (non-hydrogen) atoms. The molecule has 180 valence electrons. The Morgan fingerprint density at radius 3 is 2.51 bits per heavy atom. The van der Waals surface area contributed by atoms with Gasteiger partial charge in [-0.05, 0) is 61.4 Å². The Balaban J connectivity index is 1.35. The number of furan rings is 1. The van der Waals surface area contributed by atoms with Crippen molar-refractivity contribution in [1.29, 1.82) is 0 Å². The first kappa shape index (κ1) is 22.8. The van der Waals surface area contributed by atoms with Gasteiger partial charge in [-0.15, -0.1) is 0 Å². The normalized spacial score (nSPS) is 16.0. The maximum atomic E-state index is 13.7. The van der Waals surface area contributed by atoms with Gasteiger partial charge in [0, 0.05) is 36.6 Å². The van der Waals surface area contributed by atoms with Crippen LogP contribution in [0.1, 0.15) is 38.9 Å². The number of benzene rings is 2. The highest BCUT2D eigenvalue weighted by Gasteiger charge is 2.32. The van der Waals surface area contributed by atoms with Crippen LogP contribution < -0.4 is 4.74 Å². The van der Waals surface area contributed by atoms with Gasteiger partial charge in [0.15, 0.2) is 0 Å². The second kappa shape index (κ2) is 9.33. The highest BCUT2D eigenvalue weighted by Crippen LogP contribution is 2.26. The van der Waals surface area contributed by atoms with Gasteiger partial charge in [0.1, 0.15) is 11.4 Å². The number of aryl methyl sites for hydroxylation is 1. The van der Waals surface area contributed by atoms with Crippen molar-refractivity contribution in [2.45, 2.75) is 26.4 Å². The minimum atomic E-state index is -0.106. The number of piperazine rings is 1. The summed E-state index contributed by atoms with van der Waals surface area (Å²) in [6.45, 7) is 6.03. The molecule has 7 heteroatoms. The zero-order chi connectivity index (χ0) is 24.5. The number of hydrogen-bond acceptors (Lipinski definition) is 4. The second-order valence-electron chi connectivity index (χ2n) is 9.05. The molecule has 0 N–H and O–H groups in total. The molecule has 1 aliphatic rings. The van der Waals surface area contributed by atoms with Gasteiger partial charge in [-0.3, -0.25) is 9.59 Å². The topological polar surface area (TPSA) is 67.9 Å². The summed E-state index contributed by atoms with van der Waals surface area (Å²) in [6.07, 6.45) is 1.65. The molecule has 1 aliphatic heterocycles. The average Bonchev–Trinajstić information content (AvgIpc) is 3.47. The first-order chi connectivity index (χ1) is 17.0. The maximum Gasteiger partial charge on any atom is 0.270 e. The zero-order valence-electron chi connectivity index (χ0n) is 20.2. The molecule has 2 aromatic carbocycles. The fourth-order valence-corrected chi connectivity index (χ4v) is 4.77. The number of aromatic nitrogens is 1. The van der Waals surface area contributed by atoms with E-state index in [2.05, 4.69) is 19.1 Å². The Labute approximate surface area is 204 Å². The summed E-state index contributed by atoms with van der Waals surface area (Å²) in [5, 5.41) is 0.906. The summed E-state index contributed by atoms with van der Waals surface area (Å²) in [7, 11) is 1.60. The number of amides is 2. The van der Waals surface area contributed by atoms with Crippen LogP contribution in [0.4, 0.5) is 0 Å². The van der Waals surface area contributed by atoms with Crippen molar-refractivity contribution in [3.05, 3.63) is 89.3 Å². The van der Waals surface area contributed by atoms with Crippen molar-refractivity contribution < 1.29 is 18.7 Å². The predicted octanol–water partition coefficient (Wildman–Crippen LogP) is 4.59. The quantitative estimate of drug-likeness (QED) is 0.427. The maximum absolute atomic E-state index is 13.7. The molecule has 1 fully saturated rings. The second-order valence-corrected chi connectivity index (χ2v) is 9.05. The number of ether oxygens (including phenoxy) is 1. The Morgan fingerprint density at radius 2 is 1.80 bits per heavy atom. The molecule has 0 spiro atoms. The van der Waals surface area contributed by atoms with Crippen LogP contribution in [0.2, 0.25) is 0 Å². The highest BCUT2D eigenvalue weighted by molar-refractivity contribution is 5.98. The van der Waals surface area contributed by atoms with E-state index in [1.807, 2.05) is 45.6 Å². The van der Waals surface area contributed by atoms with E-state index < -0.39 is 0 Å². The number of carbonyl (C=O) groups is 2. The van der Waals surface area contributed by atoms with Crippen LogP contribution in [-0.2, 0) is 6.54 Å². The third kappa shape index (κ3) is 4.30. The van der Waals surface area contributed by atoms with Gasteiger partial charge in [0.2, 0.25) is 5.71 Å². The SMILES string of the molecule is COc1ccc(C(=O)N2CCN(C(=O)c3cc4ccoc4n3Cc3ccccc3C)CC2C)cc1. The average molecular weight is 472 g/mol. The molecular formula is C28H29N3O4. The van der Waals surface area contributed by atoms with Crippen LogP contribution in [0.15, 0.2) is 71.3 Å². The number of hydrogen-bond donors (Lipinski definition) is 0. The molecule has 0 aliphatic carbocycles. The standard InChI is InChI=1S/C28H29N3O4/c1-19-6-4-5-7-23(19)18-31-25(16-22-12-15-35-28(22)31)27(33)29-13-14-30(20(2)17-29)26(32)21-8-10-24(34-3)11-9-21/h4-12,15-16,20H,13-14,17-18H2,1-3H3. The Morgan fingerprint density at radius 1 is 1.03 bits per heavy atom. The molecule has 0 bridgehead atoms. The van der Waals surface area contributed by atoms with Crippen molar-refractivity contribution in [2.24, 2.45) is 0 Å². The number of carbonyl (C=O) groups excluding carboxylic acids is 2. The van der Waals surface area contributed by atoms with Crippen LogP contribution in [0, 0.1) is 6.92 Å². The summed E-state index contributed by atoms with van der Waals surface area (Å²) < 4.78 is 12.9. The van der Waals surface area contributed by atoms with Gasteiger partial charge >= 0.3 is 0 Å². The van der Waals surface area contributed by atoms with E-state index in [0.29, 0.717) is 48.9 Å².